The summed E-state index contributed by atoms with van der Waals surface area (Å²) in [6.07, 6.45) is 0.737. The van der Waals surface area contributed by atoms with Crippen LogP contribution in [0.3, 0.4) is 0 Å². The van der Waals surface area contributed by atoms with Crippen molar-refractivity contribution in [3.05, 3.63) is 70.3 Å². The van der Waals surface area contributed by atoms with Crippen LogP contribution in [-0.2, 0) is 15.0 Å². The van der Waals surface area contributed by atoms with E-state index in [1.807, 2.05) is 45.3 Å². The molecule has 1 heterocycles. The Hall–Kier alpha value is -3.12. The van der Waals surface area contributed by atoms with E-state index in [9.17, 15) is 14.7 Å². The normalized spacial score (nSPS) is 18.1. The topological polar surface area (TPSA) is 74.1 Å². The van der Waals surface area contributed by atoms with Gasteiger partial charge in [-0.15, -0.1) is 0 Å². The molecule has 2 aromatic rings. The van der Waals surface area contributed by atoms with Crippen molar-refractivity contribution >= 4 is 17.4 Å². The molecule has 1 saturated heterocycles. The first kappa shape index (κ1) is 25.5. The van der Waals surface area contributed by atoms with Crippen molar-refractivity contribution in [1.29, 1.82) is 0 Å². The van der Waals surface area contributed by atoms with E-state index in [2.05, 4.69) is 20.8 Å². The van der Waals surface area contributed by atoms with Crippen LogP contribution in [0.2, 0.25) is 0 Å². The fraction of sp³-hybridized carbons (Fsp3) is 0.429. The van der Waals surface area contributed by atoms with E-state index < -0.39 is 23.5 Å². The molecule has 1 aliphatic rings. The summed E-state index contributed by atoms with van der Waals surface area (Å²) in [5, 5.41) is 13.6. The van der Waals surface area contributed by atoms with Gasteiger partial charge < -0.3 is 19.6 Å². The summed E-state index contributed by atoms with van der Waals surface area (Å²) in [6.45, 7) is 9.52. The fourth-order valence-electron chi connectivity index (χ4n) is 4.39. The number of aryl methyl sites for hydroxylation is 1. The van der Waals surface area contributed by atoms with Crippen LogP contribution < -0.4 is 14.7 Å². The van der Waals surface area contributed by atoms with E-state index in [1.165, 1.54) is 4.90 Å². The molecule has 6 heteroatoms. The average Bonchev–Trinajstić information content (AvgIpc) is 3.02. The lowest BCUT2D eigenvalue weighted by molar-refractivity contribution is -0.858. The van der Waals surface area contributed by atoms with E-state index in [1.54, 1.807) is 30.2 Å². The maximum Gasteiger partial charge on any atom is 0.295 e. The molecule has 0 radical (unpaired) electrons. The minimum Gasteiger partial charge on any atom is -0.872 e. The number of hydrogen-bond donors (Lipinski definition) is 1. The van der Waals surface area contributed by atoms with E-state index in [0.29, 0.717) is 17.9 Å². The summed E-state index contributed by atoms with van der Waals surface area (Å²) in [5.74, 6) is -1.06. The molecule has 0 aromatic heterocycles. The van der Waals surface area contributed by atoms with Crippen LogP contribution in [0, 0.1) is 6.92 Å². The van der Waals surface area contributed by atoms with Crippen LogP contribution in [0.1, 0.15) is 55.5 Å². The lowest BCUT2D eigenvalue weighted by atomic mass is 9.85. The van der Waals surface area contributed by atoms with Crippen molar-refractivity contribution in [3.8, 4) is 5.75 Å². The summed E-state index contributed by atoms with van der Waals surface area (Å²) >= 11 is 0. The van der Waals surface area contributed by atoms with Gasteiger partial charge in [-0.1, -0.05) is 56.9 Å². The Balaban J connectivity index is 2.11. The highest BCUT2D eigenvalue weighted by Crippen LogP contribution is 2.39. The summed E-state index contributed by atoms with van der Waals surface area (Å²) < 4.78 is 5.30. The SMILES string of the molecule is COc1ccc(/C([O-])=C2\C(=O)C(=O)N(CCC[NH+](C)C)C2c2ccc(C(C)(C)C)cc2)cc1C. The van der Waals surface area contributed by atoms with Gasteiger partial charge in [0.05, 0.1) is 33.8 Å². The Morgan fingerprint density at radius 3 is 2.26 bits per heavy atom. The van der Waals surface area contributed by atoms with Gasteiger partial charge in [0.25, 0.3) is 5.91 Å². The van der Waals surface area contributed by atoms with Gasteiger partial charge in [-0.3, -0.25) is 9.59 Å². The molecule has 1 amide bonds. The fourth-order valence-corrected chi connectivity index (χ4v) is 4.39. The lowest BCUT2D eigenvalue weighted by Crippen LogP contribution is -3.05. The lowest BCUT2D eigenvalue weighted by Gasteiger charge is -2.28. The number of Topliss-reactive ketones (excluding diaryl/α,β-unsaturated/α-hetero) is 1. The average molecular weight is 465 g/mol. The van der Waals surface area contributed by atoms with Crippen molar-refractivity contribution in [1.82, 2.24) is 4.90 Å². The van der Waals surface area contributed by atoms with E-state index in [4.69, 9.17) is 4.74 Å². The van der Waals surface area contributed by atoms with E-state index in [-0.39, 0.29) is 11.0 Å². The summed E-state index contributed by atoms with van der Waals surface area (Å²) in [5.41, 5.74) is 3.09. The van der Waals surface area contributed by atoms with Gasteiger partial charge >= 0.3 is 0 Å². The zero-order valence-corrected chi connectivity index (χ0v) is 21.3. The zero-order valence-electron chi connectivity index (χ0n) is 21.3. The highest BCUT2D eigenvalue weighted by atomic mass is 16.5. The molecule has 0 spiro atoms. The van der Waals surface area contributed by atoms with Gasteiger partial charge in [0.2, 0.25) is 5.78 Å². The first-order valence-corrected chi connectivity index (χ1v) is 11.8. The molecule has 34 heavy (non-hydrogen) atoms. The van der Waals surface area contributed by atoms with Gasteiger partial charge in [0, 0.05) is 18.5 Å². The molecule has 0 bridgehead atoms. The van der Waals surface area contributed by atoms with Crippen molar-refractivity contribution in [2.24, 2.45) is 0 Å². The minimum atomic E-state index is -0.708. The zero-order chi connectivity index (χ0) is 25.2. The minimum absolute atomic E-state index is 0.0234. The number of carbonyl (C=O) groups excluding carboxylic acids is 2. The Labute approximate surface area is 202 Å². The first-order chi connectivity index (χ1) is 16.0. The molecule has 1 unspecified atom stereocenters. The van der Waals surface area contributed by atoms with Gasteiger partial charge in [0.1, 0.15) is 5.75 Å². The summed E-state index contributed by atoms with van der Waals surface area (Å²) in [6, 6.07) is 12.3. The highest BCUT2D eigenvalue weighted by Gasteiger charge is 2.44. The quantitative estimate of drug-likeness (QED) is 0.387. The Morgan fingerprint density at radius 2 is 1.74 bits per heavy atom. The van der Waals surface area contributed by atoms with Gasteiger partial charge in [-0.2, -0.15) is 0 Å². The van der Waals surface area contributed by atoms with Crippen molar-refractivity contribution in [2.75, 3.05) is 34.3 Å². The molecular formula is C28H36N2O4. The number of rotatable bonds is 7. The van der Waals surface area contributed by atoms with Crippen molar-refractivity contribution in [3.63, 3.8) is 0 Å². The van der Waals surface area contributed by atoms with Crippen LogP contribution in [-0.4, -0.2) is 50.9 Å². The maximum absolute atomic E-state index is 13.6. The Kier molecular flexibility index (Phi) is 7.51. The van der Waals surface area contributed by atoms with Crippen molar-refractivity contribution in [2.45, 2.75) is 45.6 Å². The molecule has 182 valence electrons. The monoisotopic (exact) mass is 464 g/mol. The second-order valence-corrected chi connectivity index (χ2v) is 10.3. The molecule has 3 rings (SSSR count). The van der Waals surface area contributed by atoms with E-state index in [0.717, 1.165) is 29.7 Å². The van der Waals surface area contributed by atoms with Gasteiger partial charge in [-0.25, -0.2) is 0 Å². The van der Waals surface area contributed by atoms with Crippen LogP contribution >= 0.6 is 0 Å². The summed E-state index contributed by atoms with van der Waals surface area (Å²) in [4.78, 5) is 29.1. The maximum atomic E-state index is 13.6. The number of amides is 1. The molecule has 1 aliphatic heterocycles. The predicted octanol–water partition coefficient (Wildman–Crippen LogP) is 2.06. The number of hydrogen-bond acceptors (Lipinski definition) is 4. The molecule has 1 N–H and O–H groups in total. The Bertz CT molecular complexity index is 1090. The number of carbonyl (C=O) groups is 2. The second-order valence-electron chi connectivity index (χ2n) is 10.3. The third kappa shape index (κ3) is 5.17. The molecule has 1 fully saturated rings. The molecule has 1 atom stereocenters. The van der Waals surface area contributed by atoms with Crippen LogP contribution in [0.15, 0.2) is 48.0 Å². The number of methoxy groups -OCH3 is 1. The largest absolute Gasteiger partial charge is 0.872 e. The number of quaternary nitrogens is 1. The standard InChI is InChI=1S/C28H36N2O4/c1-18-17-20(11-14-22(18)34-7)25(31)23-24(19-9-12-21(13-10-19)28(2,3)4)30(27(33)26(23)32)16-8-15-29(5)6/h9-14,17,24,31H,8,15-16H2,1-7H3/b25-23+. The number of ketones is 1. The van der Waals surface area contributed by atoms with Crippen LogP contribution in [0.25, 0.3) is 5.76 Å². The van der Waals surface area contributed by atoms with Crippen LogP contribution in [0.5, 0.6) is 5.75 Å². The van der Waals surface area contributed by atoms with Crippen molar-refractivity contribution < 1.29 is 24.3 Å². The third-order valence-electron chi connectivity index (χ3n) is 6.35. The number of benzene rings is 2. The number of nitrogens with zero attached hydrogens (tertiary/aromatic N) is 1. The second kappa shape index (κ2) is 10.0. The number of likely N-dealkylation sites (tertiary alicyclic amines) is 1. The third-order valence-corrected chi connectivity index (χ3v) is 6.35. The number of nitrogens with one attached hydrogen (secondary N) is 1. The highest BCUT2D eigenvalue weighted by molar-refractivity contribution is 6.46. The predicted molar refractivity (Wildman–Crippen MR) is 132 cm³/mol. The van der Waals surface area contributed by atoms with Gasteiger partial charge in [-0.05, 0) is 46.7 Å². The molecular weight excluding hydrogens is 428 g/mol. The Morgan fingerprint density at radius 1 is 1.09 bits per heavy atom. The molecule has 6 nitrogen and oxygen atoms in total. The molecule has 2 aromatic carbocycles. The first-order valence-electron chi connectivity index (χ1n) is 11.8. The van der Waals surface area contributed by atoms with Crippen LogP contribution in [0.4, 0.5) is 0 Å². The van der Waals surface area contributed by atoms with Gasteiger partial charge in [0.15, 0.2) is 0 Å². The summed E-state index contributed by atoms with van der Waals surface area (Å²) in [7, 11) is 5.67. The molecule has 0 saturated carbocycles. The van der Waals surface area contributed by atoms with E-state index >= 15 is 0 Å². The smallest absolute Gasteiger partial charge is 0.295 e. The molecule has 0 aliphatic carbocycles. The number of ether oxygens (including phenoxy) is 1.